The fraction of sp³-hybridized carbons (Fsp3) is 0.929. The van der Waals surface area contributed by atoms with Gasteiger partial charge < -0.3 is 10.2 Å². The Labute approximate surface area is 111 Å². The Kier molecular flexibility index (Phi) is 5.01. The van der Waals surface area contributed by atoms with Crippen LogP contribution in [0.2, 0.25) is 0 Å². The number of piperazine rings is 1. The third kappa shape index (κ3) is 3.45. The van der Waals surface area contributed by atoms with Crippen molar-refractivity contribution in [3.8, 4) is 0 Å². The van der Waals surface area contributed by atoms with Gasteiger partial charge in [0, 0.05) is 26.2 Å². The quantitative estimate of drug-likeness (QED) is 0.795. The van der Waals surface area contributed by atoms with Crippen LogP contribution in [0.3, 0.4) is 0 Å². The van der Waals surface area contributed by atoms with E-state index in [1.54, 1.807) is 0 Å². The van der Waals surface area contributed by atoms with Gasteiger partial charge in [0.2, 0.25) is 5.91 Å². The fourth-order valence-corrected chi connectivity index (χ4v) is 2.98. The Bertz CT molecular complexity index is 276. The third-order valence-electron chi connectivity index (χ3n) is 4.39. The molecule has 0 aromatic rings. The molecule has 0 saturated carbocycles. The van der Waals surface area contributed by atoms with E-state index in [0.29, 0.717) is 5.91 Å². The maximum atomic E-state index is 12.4. The number of rotatable bonds is 2. The van der Waals surface area contributed by atoms with Crippen LogP contribution in [0.15, 0.2) is 0 Å². The van der Waals surface area contributed by atoms with E-state index in [-0.39, 0.29) is 6.04 Å². The van der Waals surface area contributed by atoms with Crippen molar-refractivity contribution in [3.05, 3.63) is 0 Å². The first-order chi connectivity index (χ1) is 8.68. The number of amides is 1. The fourth-order valence-electron chi connectivity index (χ4n) is 2.98. The lowest BCUT2D eigenvalue weighted by molar-refractivity contribution is -0.137. The van der Waals surface area contributed by atoms with Crippen molar-refractivity contribution in [2.24, 2.45) is 5.92 Å². The minimum absolute atomic E-state index is 0.0633. The summed E-state index contributed by atoms with van der Waals surface area (Å²) in [4.78, 5) is 16.9. The number of nitrogens with one attached hydrogen (secondary N) is 1. The highest BCUT2D eigenvalue weighted by molar-refractivity contribution is 5.81. The zero-order valence-electron chi connectivity index (χ0n) is 11.8. The summed E-state index contributed by atoms with van der Waals surface area (Å²) in [6.07, 6.45) is 3.78. The van der Waals surface area contributed by atoms with E-state index in [0.717, 1.165) is 45.2 Å². The van der Waals surface area contributed by atoms with Crippen LogP contribution < -0.4 is 5.32 Å². The first-order valence-electron chi connectivity index (χ1n) is 7.42. The van der Waals surface area contributed by atoms with Gasteiger partial charge in [-0.3, -0.25) is 9.69 Å². The number of hydrogen-bond donors (Lipinski definition) is 1. The van der Waals surface area contributed by atoms with Crippen molar-refractivity contribution < 1.29 is 4.79 Å². The molecule has 0 aromatic carbocycles. The molecule has 2 rings (SSSR count). The van der Waals surface area contributed by atoms with Crippen molar-refractivity contribution in [3.63, 3.8) is 0 Å². The first-order valence-corrected chi connectivity index (χ1v) is 7.42. The number of hydrogen-bond acceptors (Lipinski definition) is 3. The normalized spacial score (nSPS) is 28.8. The maximum Gasteiger partial charge on any atom is 0.239 e. The Morgan fingerprint density at radius 1 is 1.17 bits per heavy atom. The molecule has 0 spiro atoms. The molecule has 4 nitrogen and oxygen atoms in total. The predicted octanol–water partition coefficient (Wildman–Crippen LogP) is 0.929. The molecule has 4 heteroatoms. The van der Waals surface area contributed by atoms with Gasteiger partial charge in [-0.1, -0.05) is 6.92 Å². The molecule has 2 heterocycles. The second kappa shape index (κ2) is 6.53. The topological polar surface area (TPSA) is 35.6 Å². The summed E-state index contributed by atoms with van der Waals surface area (Å²) in [5, 5.41) is 3.30. The van der Waals surface area contributed by atoms with Gasteiger partial charge in [-0.25, -0.2) is 0 Å². The Balaban J connectivity index is 1.88. The molecular formula is C14H27N3O. The second-order valence-electron chi connectivity index (χ2n) is 5.82. The molecule has 0 aromatic heterocycles. The molecule has 2 unspecified atom stereocenters. The van der Waals surface area contributed by atoms with Crippen LogP contribution in [0.1, 0.15) is 33.1 Å². The highest BCUT2D eigenvalue weighted by atomic mass is 16.2. The lowest BCUT2D eigenvalue weighted by Crippen LogP contribution is -2.53. The van der Waals surface area contributed by atoms with Gasteiger partial charge in [0.25, 0.3) is 0 Å². The smallest absolute Gasteiger partial charge is 0.239 e. The summed E-state index contributed by atoms with van der Waals surface area (Å²) >= 11 is 0. The number of carbonyl (C=O) groups is 1. The zero-order valence-corrected chi connectivity index (χ0v) is 11.8. The molecular weight excluding hydrogens is 226 g/mol. The van der Waals surface area contributed by atoms with Crippen LogP contribution >= 0.6 is 0 Å². The van der Waals surface area contributed by atoms with Gasteiger partial charge in [0.05, 0.1) is 6.04 Å². The van der Waals surface area contributed by atoms with Gasteiger partial charge in [-0.15, -0.1) is 0 Å². The van der Waals surface area contributed by atoms with Gasteiger partial charge in [0.15, 0.2) is 0 Å². The Hall–Kier alpha value is -0.610. The minimum atomic E-state index is 0.0633. The molecule has 0 radical (unpaired) electrons. The lowest BCUT2D eigenvalue weighted by atomic mass is 10.0. The van der Waals surface area contributed by atoms with Crippen molar-refractivity contribution in [1.29, 1.82) is 0 Å². The van der Waals surface area contributed by atoms with Gasteiger partial charge >= 0.3 is 0 Å². The van der Waals surface area contributed by atoms with E-state index < -0.39 is 0 Å². The van der Waals surface area contributed by atoms with Crippen LogP contribution in [-0.2, 0) is 4.79 Å². The summed E-state index contributed by atoms with van der Waals surface area (Å²) in [6, 6.07) is 0.0633. The lowest BCUT2D eigenvalue weighted by Gasteiger charge is -2.34. The molecule has 2 saturated heterocycles. The van der Waals surface area contributed by atoms with E-state index in [1.165, 1.54) is 19.3 Å². The zero-order chi connectivity index (χ0) is 13.0. The van der Waals surface area contributed by atoms with Crippen LogP contribution in [0.4, 0.5) is 0 Å². The van der Waals surface area contributed by atoms with E-state index in [4.69, 9.17) is 0 Å². The molecule has 2 aliphatic heterocycles. The van der Waals surface area contributed by atoms with Gasteiger partial charge in [0.1, 0.15) is 0 Å². The van der Waals surface area contributed by atoms with E-state index in [9.17, 15) is 4.79 Å². The summed E-state index contributed by atoms with van der Waals surface area (Å²) in [5.41, 5.74) is 0. The molecule has 2 fully saturated rings. The van der Waals surface area contributed by atoms with Crippen molar-refractivity contribution >= 4 is 5.91 Å². The second-order valence-corrected chi connectivity index (χ2v) is 5.82. The third-order valence-corrected chi connectivity index (χ3v) is 4.39. The highest BCUT2D eigenvalue weighted by Crippen LogP contribution is 2.18. The van der Waals surface area contributed by atoms with Crippen molar-refractivity contribution in [1.82, 2.24) is 15.1 Å². The summed E-state index contributed by atoms with van der Waals surface area (Å²) in [6.45, 7) is 10.2. The largest absolute Gasteiger partial charge is 0.339 e. The molecule has 1 amide bonds. The Morgan fingerprint density at radius 2 is 1.89 bits per heavy atom. The monoisotopic (exact) mass is 253 g/mol. The molecule has 2 aliphatic rings. The van der Waals surface area contributed by atoms with Crippen LogP contribution in [0, 0.1) is 5.92 Å². The molecule has 1 N–H and O–H groups in total. The molecule has 104 valence electrons. The summed E-state index contributed by atoms with van der Waals surface area (Å²) in [7, 11) is 0. The predicted molar refractivity (Wildman–Crippen MR) is 73.5 cm³/mol. The number of likely N-dealkylation sites (tertiary alicyclic amines) is 1. The summed E-state index contributed by atoms with van der Waals surface area (Å²) in [5.74, 6) is 1.14. The standard InChI is InChI=1S/C14H27N3O/c1-12-4-3-8-16(9-5-12)13(2)14(18)17-10-6-15-7-11-17/h12-13,15H,3-11H2,1-2H3. The van der Waals surface area contributed by atoms with Gasteiger partial charge in [-0.05, 0) is 45.2 Å². The SMILES string of the molecule is CC1CCCN(C(C)C(=O)N2CCNCC2)CC1. The maximum absolute atomic E-state index is 12.4. The van der Waals surface area contributed by atoms with Crippen LogP contribution in [0.25, 0.3) is 0 Å². The van der Waals surface area contributed by atoms with Gasteiger partial charge in [-0.2, -0.15) is 0 Å². The number of carbonyl (C=O) groups excluding carboxylic acids is 1. The van der Waals surface area contributed by atoms with E-state index in [1.807, 2.05) is 4.90 Å². The van der Waals surface area contributed by atoms with E-state index in [2.05, 4.69) is 24.1 Å². The number of nitrogens with zero attached hydrogens (tertiary/aromatic N) is 2. The van der Waals surface area contributed by atoms with Crippen LogP contribution in [0.5, 0.6) is 0 Å². The van der Waals surface area contributed by atoms with Crippen molar-refractivity contribution in [2.75, 3.05) is 39.3 Å². The summed E-state index contributed by atoms with van der Waals surface area (Å²) < 4.78 is 0. The molecule has 2 atom stereocenters. The van der Waals surface area contributed by atoms with Crippen LogP contribution in [-0.4, -0.2) is 61.0 Å². The average molecular weight is 253 g/mol. The molecule has 18 heavy (non-hydrogen) atoms. The molecule has 0 bridgehead atoms. The van der Waals surface area contributed by atoms with Crippen molar-refractivity contribution in [2.45, 2.75) is 39.2 Å². The minimum Gasteiger partial charge on any atom is -0.339 e. The Morgan fingerprint density at radius 3 is 2.61 bits per heavy atom. The molecule has 0 aliphatic carbocycles. The average Bonchev–Trinajstić information content (AvgIpc) is 2.63. The highest BCUT2D eigenvalue weighted by Gasteiger charge is 2.27. The first kappa shape index (κ1) is 13.8. The van der Waals surface area contributed by atoms with E-state index >= 15 is 0 Å².